The Bertz CT molecular complexity index is 745. The highest BCUT2D eigenvalue weighted by molar-refractivity contribution is 9.11. The SMILES string of the molecule is Cc1sc(CNc2ccc(Br)c3ccccc23)cc1Br. The van der Waals surface area contributed by atoms with Gasteiger partial charge in [0.15, 0.2) is 0 Å². The van der Waals surface area contributed by atoms with E-state index in [1.54, 1.807) is 0 Å². The van der Waals surface area contributed by atoms with Gasteiger partial charge in [0.1, 0.15) is 0 Å². The normalized spacial score (nSPS) is 10.9. The molecule has 3 aromatic rings. The first-order valence-corrected chi connectivity index (χ1v) is 8.71. The molecule has 0 radical (unpaired) electrons. The highest BCUT2D eigenvalue weighted by Gasteiger charge is 2.06. The van der Waals surface area contributed by atoms with Crippen molar-refractivity contribution < 1.29 is 0 Å². The van der Waals surface area contributed by atoms with Crippen LogP contribution in [0.1, 0.15) is 9.75 Å². The summed E-state index contributed by atoms with van der Waals surface area (Å²) in [5, 5.41) is 6.02. The summed E-state index contributed by atoms with van der Waals surface area (Å²) in [6, 6.07) is 14.8. The summed E-state index contributed by atoms with van der Waals surface area (Å²) in [7, 11) is 0. The van der Waals surface area contributed by atoms with Crippen molar-refractivity contribution in [2.24, 2.45) is 0 Å². The quantitative estimate of drug-likeness (QED) is 0.530. The zero-order valence-corrected chi connectivity index (χ0v) is 14.9. The number of thiophene rings is 1. The summed E-state index contributed by atoms with van der Waals surface area (Å²) in [6.07, 6.45) is 0. The van der Waals surface area contributed by atoms with Crippen LogP contribution in [0.2, 0.25) is 0 Å². The fraction of sp³-hybridized carbons (Fsp3) is 0.125. The van der Waals surface area contributed by atoms with Crippen molar-refractivity contribution >= 4 is 59.7 Å². The lowest BCUT2D eigenvalue weighted by molar-refractivity contribution is 1.20. The van der Waals surface area contributed by atoms with Crippen LogP contribution in [0.3, 0.4) is 0 Å². The van der Waals surface area contributed by atoms with Crippen LogP contribution in [0, 0.1) is 6.92 Å². The first kappa shape index (κ1) is 14.1. The third-order valence-electron chi connectivity index (χ3n) is 3.23. The van der Waals surface area contributed by atoms with E-state index < -0.39 is 0 Å². The van der Waals surface area contributed by atoms with Crippen molar-refractivity contribution in [1.29, 1.82) is 0 Å². The number of halogens is 2. The molecule has 0 aliphatic carbocycles. The second-order valence-corrected chi connectivity index (χ2v) is 7.66. The molecule has 0 aliphatic rings. The maximum absolute atomic E-state index is 3.61. The third kappa shape index (κ3) is 2.78. The fourth-order valence-electron chi connectivity index (χ4n) is 2.20. The number of aryl methyl sites for hydroxylation is 1. The van der Waals surface area contributed by atoms with Crippen LogP contribution in [-0.2, 0) is 6.54 Å². The molecule has 1 aromatic heterocycles. The Labute approximate surface area is 139 Å². The molecule has 0 spiro atoms. The molecule has 3 rings (SSSR count). The van der Waals surface area contributed by atoms with E-state index in [1.807, 2.05) is 11.3 Å². The predicted molar refractivity (Wildman–Crippen MR) is 95.7 cm³/mol. The van der Waals surface area contributed by atoms with Crippen molar-refractivity contribution in [3.63, 3.8) is 0 Å². The molecule has 20 heavy (non-hydrogen) atoms. The molecule has 2 aromatic carbocycles. The van der Waals surface area contributed by atoms with Gasteiger partial charge in [-0.1, -0.05) is 40.2 Å². The van der Waals surface area contributed by atoms with Gasteiger partial charge < -0.3 is 5.32 Å². The summed E-state index contributed by atoms with van der Waals surface area (Å²) < 4.78 is 2.33. The maximum atomic E-state index is 3.61. The van der Waals surface area contributed by atoms with E-state index in [4.69, 9.17) is 0 Å². The molecule has 102 valence electrons. The fourth-order valence-corrected chi connectivity index (χ4v) is 4.22. The molecule has 1 heterocycles. The highest BCUT2D eigenvalue weighted by atomic mass is 79.9. The Morgan fingerprint density at radius 3 is 2.45 bits per heavy atom. The lowest BCUT2D eigenvalue weighted by Crippen LogP contribution is -1.98. The van der Waals surface area contributed by atoms with Crippen LogP contribution in [0.4, 0.5) is 5.69 Å². The zero-order chi connectivity index (χ0) is 14.1. The summed E-state index contributed by atoms with van der Waals surface area (Å²) in [5.41, 5.74) is 1.17. The number of anilines is 1. The molecule has 0 fully saturated rings. The number of hydrogen-bond donors (Lipinski definition) is 1. The molecule has 0 saturated heterocycles. The van der Waals surface area contributed by atoms with Crippen molar-refractivity contribution in [3.05, 3.63) is 61.2 Å². The molecule has 0 saturated carbocycles. The molecule has 0 atom stereocenters. The average molecular weight is 411 g/mol. The van der Waals surface area contributed by atoms with Crippen LogP contribution in [0.25, 0.3) is 10.8 Å². The van der Waals surface area contributed by atoms with E-state index in [0.29, 0.717) is 0 Å². The molecule has 1 N–H and O–H groups in total. The van der Waals surface area contributed by atoms with Crippen molar-refractivity contribution in [1.82, 2.24) is 0 Å². The van der Waals surface area contributed by atoms with Crippen molar-refractivity contribution in [2.45, 2.75) is 13.5 Å². The molecule has 1 nitrogen and oxygen atoms in total. The van der Waals surface area contributed by atoms with Crippen molar-refractivity contribution in [2.75, 3.05) is 5.32 Å². The van der Waals surface area contributed by atoms with Gasteiger partial charge in [-0.05, 0) is 46.4 Å². The van der Waals surface area contributed by atoms with Crippen LogP contribution in [-0.4, -0.2) is 0 Å². The van der Waals surface area contributed by atoms with Gasteiger partial charge in [-0.25, -0.2) is 0 Å². The number of fused-ring (bicyclic) bond motifs is 1. The Hall–Kier alpha value is -0.840. The topological polar surface area (TPSA) is 12.0 Å². The minimum atomic E-state index is 0.850. The summed E-state index contributed by atoms with van der Waals surface area (Å²) in [5.74, 6) is 0. The Morgan fingerprint density at radius 2 is 1.75 bits per heavy atom. The molecule has 4 heteroatoms. The van der Waals surface area contributed by atoms with Gasteiger partial charge in [0.25, 0.3) is 0 Å². The van der Waals surface area contributed by atoms with E-state index >= 15 is 0 Å². The molecule has 0 bridgehead atoms. The number of rotatable bonds is 3. The minimum Gasteiger partial charge on any atom is -0.380 e. The zero-order valence-electron chi connectivity index (χ0n) is 10.9. The van der Waals surface area contributed by atoms with Gasteiger partial charge in [-0.2, -0.15) is 0 Å². The van der Waals surface area contributed by atoms with Crippen LogP contribution < -0.4 is 5.32 Å². The Morgan fingerprint density at radius 1 is 1.00 bits per heavy atom. The van der Waals surface area contributed by atoms with E-state index in [2.05, 4.69) is 86.6 Å². The third-order valence-corrected chi connectivity index (χ3v) is 6.06. The van der Waals surface area contributed by atoms with Gasteiger partial charge in [0.05, 0.1) is 0 Å². The van der Waals surface area contributed by atoms with Gasteiger partial charge in [0.2, 0.25) is 0 Å². The second-order valence-electron chi connectivity index (χ2n) is 4.61. The monoisotopic (exact) mass is 409 g/mol. The first-order valence-electron chi connectivity index (χ1n) is 6.31. The highest BCUT2D eigenvalue weighted by Crippen LogP contribution is 2.31. The average Bonchev–Trinajstić information content (AvgIpc) is 2.77. The smallest absolute Gasteiger partial charge is 0.0494 e. The Balaban J connectivity index is 1.89. The molecular weight excluding hydrogens is 398 g/mol. The van der Waals surface area contributed by atoms with E-state index in [1.165, 1.54) is 30.7 Å². The molecule has 0 aliphatic heterocycles. The molecule has 0 amide bonds. The summed E-state index contributed by atoms with van der Waals surface area (Å²) in [6.45, 7) is 2.98. The van der Waals surface area contributed by atoms with Gasteiger partial charge in [0, 0.05) is 36.3 Å². The first-order chi connectivity index (χ1) is 9.65. The lowest BCUT2D eigenvalue weighted by atomic mass is 10.1. The summed E-state index contributed by atoms with van der Waals surface area (Å²) in [4.78, 5) is 2.66. The lowest BCUT2D eigenvalue weighted by Gasteiger charge is -2.10. The van der Waals surface area contributed by atoms with E-state index in [0.717, 1.165) is 11.0 Å². The molecule has 0 unspecified atom stereocenters. The predicted octanol–water partition coefficient (Wildman–Crippen LogP) is 6.35. The second kappa shape index (κ2) is 5.88. The standard InChI is InChI=1S/C16H13Br2NS/c1-10-15(18)8-11(20-10)9-19-16-7-6-14(17)12-4-2-3-5-13(12)16/h2-8,19H,9H2,1H3. The number of nitrogens with one attached hydrogen (secondary N) is 1. The van der Waals surface area contributed by atoms with E-state index in [9.17, 15) is 0 Å². The van der Waals surface area contributed by atoms with Gasteiger partial charge in [-0.3, -0.25) is 0 Å². The minimum absolute atomic E-state index is 0.850. The van der Waals surface area contributed by atoms with Gasteiger partial charge >= 0.3 is 0 Å². The molecular formula is C16H13Br2NS. The number of hydrogen-bond acceptors (Lipinski definition) is 2. The Kier molecular flexibility index (Phi) is 4.15. The van der Waals surface area contributed by atoms with Gasteiger partial charge in [-0.15, -0.1) is 11.3 Å². The maximum Gasteiger partial charge on any atom is 0.0494 e. The van der Waals surface area contributed by atoms with Crippen LogP contribution in [0.15, 0.2) is 51.4 Å². The van der Waals surface area contributed by atoms with E-state index in [-0.39, 0.29) is 0 Å². The van der Waals surface area contributed by atoms with Crippen molar-refractivity contribution in [3.8, 4) is 0 Å². The van der Waals surface area contributed by atoms with Crippen LogP contribution in [0.5, 0.6) is 0 Å². The largest absolute Gasteiger partial charge is 0.380 e. The number of benzene rings is 2. The summed E-state index contributed by atoms with van der Waals surface area (Å²) >= 11 is 9.00. The van der Waals surface area contributed by atoms with Crippen LogP contribution >= 0.6 is 43.2 Å².